The fraction of sp³-hybridized carbons (Fsp3) is 0.500. The van der Waals surface area contributed by atoms with E-state index in [4.69, 9.17) is 9.47 Å². The molecule has 0 spiro atoms. The van der Waals surface area contributed by atoms with E-state index in [0.29, 0.717) is 11.4 Å². The zero-order chi connectivity index (χ0) is 31.8. The first-order valence-corrected chi connectivity index (χ1v) is 15.3. The Morgan fingerprint density at radius 2 is 1.70 bits per heavy atom. The number of para-hydroxylation sites is 1. The molecule has 2 aliphatic heterocycles. The molecule has 1 aromatic heterocycles. The number of hydrogen-bond donors (Lipinski definition) is 1. The van der Waals surface area contributed by atoms with Gasteiger partial charge < -0.3 is 24.3 Å². The zero-order valence-corrected chi connectivity index (χ0v) is 27.0. The van der Waals surface area contributed by atoms with E-state index in [1.165, 1.54) is 14.2 Å². The molecule has 2 aliphatic rings. The second kappa shape index (κ2) is 12.6. The summed E-state index contributed by atoms with van der Waals surface area (Å²) in [5.41, 5.74) is 3.86. The van der Waals surface area contributed by atoms with E-state index >= 15 is 0 Å². The molecule has 2 saturated heterocycles. The number of nitrogens with one attached hydrogen (secondary N) is 1. The Labute approximate surface area is 259 Å². The van der Waals surface area contributed by atoms with Crippen molar-refractivity contribution in [2.24, 2.45) is 7.05 Å². The molecule has 236 valence electrons. The molecule has 44 heavy (non-hydrogen) atoms. The fourth-order valence-corrected chi connectivity index (χ4v) is 6.47. The molecule has 1 atom stereocenters. The Hall–Kier alpha value is -3.89. The van der Waals surface area contributed by atoms with E-state index in [0.717, 1.165) is 74.1 Å². The van der Waals surface area contributed by atoms with Crippen LogP contribution in [-0.2, 0) is 28.5 Å². The minimum absolute atomic E-state index is 0.0196. The zero-order valence-electron chi connectivity index (χ0n) is 27.0. The molecule has 3 aromatic rings. The van der Waals surface area contributed by atoms with Crippen LogP contribution < -0.4 is 10.1 Å². The summed E-state index contributed by atoms with van der Waals surface area (Å²) in [5.74, 6) is -0.323. The normalized spacial score (nSPS) is 18.1. The highest BCUT2D eigenvalue weighted by molar-refractivity contribution is 6.08. The number of aromatic nitrogens is 1. The molecule has 1 N–H and O–H groups in total. The lowest BCUT2D eigenvalue weighted by Gasteiger charge is -2.37. The maximum Gasteiger partial charge on any atom is 0.341 e. The molecule has 3 heterocycles. The number of carbonyl (C=O) groups excluding carboxylic acids is 3. The van der Waals surface area contributed by atoms with Crippen molar-refractivity contribution in [2.75, 3.05) is 59.3 Å². The first-order chi connectivity index (χ1) is 20.9. The van der Waals surface area contributed by atoms with Crippen LogP contribution >= 0.6 is 0 Å². The third kappa shape index (κ3) is 6.19. The number of ether oxygens (including phenoxy) is 2. The van der Waals surface area contributed by atoms with E-state index in [1.807, 2.05) is 68.6 Å². The van der Waals surface area contributed by atoms with Crippen molar-refractivity contribution >= 4 is 34.4 Å². The van der Waals surface area contributed by atoms with Crippen molar-refractivity contribution in [1.82, 2.24) is 19.3 Å². The quantitative estimate of drug-likeness (QED) is 0.403. The number of rotatable bonds is 7. The van der Waals surface area contributed by atoms with Gasteiger partial charge in [-0.3, -0.25) is 19.4 Å². The number of carbonyl (C=O) groups is 3. The predicted molar refractivity (Wildman–Crippen MR) is 171 cm³/mol. The highest BCUT2D eigenvalue weighted by atomic mass is 16.5. The Balaban J connectivity index is 1.36. The lowest BCUT2D eigenvalue weighted by Crippen LogP contribution is -2.52. The molecule has 2 aromatic carbocycles. The van der Waals surface area contributed by atoms with E-state index in [1.54, 1.807) is 6.07 Å². The molecule has 2 fully saturated rings. The monoisotopic (exact) mass is 603 g/mol. The number of aryl methyl sites for hydroxylation is 1. The van der Waals surface area contributed by atoms with E-state index in [-0.39, 0.29) is 34.6 Å². The Bertz CT molecular complexity index is 1560. The molecule has 0 saturated carbocycles. The van der Waals surface area contributed by atoms with Gasteiger partial charge in [-0.25, -0.2) is 4.79 Å². The van der Waals surface area contributed by atoms with Crippen LogP contribution in [0.2, 0.25) is 0 Å². The number of nitrogens with zero attached hydrogens (tertiary/aromatic N) is 4. The van der Waals surface area contributed by atoms with Crippen LogP contribution in [0.15, 0.2) is 36.4 Å². The number of benzene rings is 2. The van der Waals surface area contributed by atoms with Crippen LogP contribution in [0, 0.1) is 0 Å². The summed E-state index contributed by atoms with van der Waals surface area (Å²) in [4.78, 5) is 46.0. The second-order valence-corrected chi connectivity index (χ2v) is 13.0. The number of anilines is 1. The standard InChI is InChI=1S/C34H45N5O5/c1-34(2,3)24-19-25(33(42)44-7)30(43-6)26(20-24)35-31(40)28-18-22-10-8-11-23(29(22)37(28)5)21-38-14-16-39(17-15-38)32(41)27-12-9-13-36(27)4/h8,10-11,18-20,27H,9,12-17,21H2,1-7H3,(H,35,40). The first kappa shape index (κ1) is 31.5. The second-order valence-electron chi connectivity index (χ2n) is 13.0. The van der Waals surface area contributed by atoms with Gasteiger partial charge in [0.15, 0.2) is 5.75 Å². The van der Waals surface area contributed by atoms with Gasteiger partial charge in [0.25, 0.3) is 5.91 Å². The number of fused-ring (bicyclic) bond motifs is 1. The highest BCUT2D eigenvalue weighted by Gasteiger charge is 2.33. The van der Waals surface area contributed by atoms with Gasteiger partial charge in [0, 0.05) is 45.2 Å². The van der Waals surface area contributed by atoms with Crippen molar-refractivity contribution in [3.05, 3.63) is 58.8 Å². The molecule has 1 unspecified atom stereocenters. The molecule has 10 nitrogen and oxygen atoms in total. The minimum atomic E-state index is -0.534. The van der Waals surface area contributed by atoms with Crippen LogP contribution in [0.5, 0.6) is 5.75 Å². The molecule has 0 aliphatic carbocycles. The van der Waals surface area contributed by atoms with Gasteiger partial charge in [-0.2, -0.15) is 0 Å². The third-order valence-corrected chi connectivity index (χ3v) is 9.07. The van der Waals surface area contributed by atoms with Crippen molar-refractivity contribution in [2.45, 2.75) is 51.6 Å². The van der Waals surface area contributed by atoms with E-state index in [2.05, 4.69) is 21.2 Å². The predicted octanol–water partition coefficient (Wildman–Crippen LogP) is 4.26. The van der Waals surface area contributed by atoms with Crippen molar-refractivity contribution < 1.29 is 23.9 Å². The highest BCUT2D eigenvalue weighted by Crippen LogP contribution is 2.36. The minimum Gasteiger partial charge on any atom is -0.494 e. The molecule has 0 radical (unpaired) electrons. The van der Waals surface area contributed by atoms with Crippen molar-refractivity contribution in [3.63, 3.8) is 0 Å². The van der Waals surface area contributed by atoms with Crippen LogP contribution in [0.3, 0.4) is 0 Å². The fourth-order valence-electron chi connectivity index (χ4n) is 6.47. The summed E-state index contributed by atoms with van der Waals surface area (Å²) in [7, 11) is 6.74. The average molecular weight is 604 g/mol. The van der Waals surface area contributed by atoms with Gasteiger partial charge in [0.05, 0.1) is 31.5 Å². The maximum atomic E-state index is 13.8. The molecule has 10 heteroatoms. The topological polar surface area (TPSA) is 96.4 Å². The largest absolute Gasteiger partial charge is 0.494 e. The lowest BCUT2D eigenvalue weighted by atomic mass is 9.85. The number of likely N-dealkylation sites (N-methyl/N-ethyl adjacent to an activating group) is 1. The number of likely N-dealkylation sites (tertiary alicyclic amines) is 1. The van der Waals surface area contributed by atoms with E-state index < -0.39 is 5.97 Å². The van der Waals surface area contributed by atoms with Gasteiger partial charge >= 0.3 is 5.97 Å². The number of amides is 2. The summed E-state index contributed by atoms with van der Waals surface area (Å²) in [5, 5.41) is 3.98. The number of esters is 1. The number of piperazine rings is 1. The average Bonchev–Trinajstić information content (AvgIpc) is 3.59. The van der Waals surface area contributed by atoms with Gasteiger partial charge in [-0.15, -0.1) is 0 Å². The van der Waals surface area contributed by atoms with Crippen molar-refractivity contribution in [1.29, 1.82) is 0 Å². The van der Waals surface area contributed by atoms with E-state index in [9.17, 15) is 14.4 Å². The summed E-state index contributed by atoms with van der Waals surface area (Å²) in [6.07, 6.45) is 2.03. The van der Waals surface area contributed by atoms with Crippen LogP contribution in [0.4, 0.5) is 5.69 Å². The summed E-state index contributed by atoms with van der Waals surface area (Å²) in [6, 6.07) is 11.7. The summed E-state index contributed by atoms with van der Waals surface area (Å²) < 4.78 is 12.5. The SMILES string of the molecule is COC(=O)c1cc(C(C)(C)C)cc(NC(=O)c2cc3cccc(CN4CCN(C(=O)C5CCCN5C)CC4)c3n2C)c1OC. The first-order valence-electron chi connectivity index (χ1n) is 15.3. The Morgan fingerprint density at radius 3 is 2.32 bits per heavy atom. The number of methoxy groups -OCH3 is 2. The summed E-state index contributed by atoms with van der Waals surface area (Å²) >= 11 is 0. The molecular formula is C34H45N5O5. The van der Waals surface area contributed by atoms with Crippen LogP contribution in [0.25, 0.3) is 10.9 Å². The molecule has 5 rings (SSSR count). The van der Waals surface area contributed by atoms with Crippen LogP contribution in [0.1, 0.15) is 65.6 Å². The third-order valence-electron chi connectivity index (χ3n) is 9.07. The Morgan fingerprint density at radius 1 is 0.977 bits per heavy atom. The molecular weight excluding hydrogens is 558 g/mol. The molecule has 0 bridgehead atoms. The smallest absolute Gasteiger partial charge is 0.341 e. The van der Waals surface area contributed by atoms with Gasteiger partial charge in [0.1, 0.15) is 11.3 Å². The Kier molecular flexibility index (Phi) is 9.04. The van der Waals surface area contributed by atoms with Crippen LogP contribution in [-0.4, -0.2) is 97.1 Å². The number of hydrogen-bond acceptors (Lipinski definition) is 7. The van der Waals surface area contributed by atoms with Crippen molar-refractivity contribution in [3.8, 4) is 5.75 Å². The lowest BCUT2D eigenvalue weighted by molar-refractivity contribution is -0.137. The maximum absolute atomic E-state index is 13.8. The van der Waals surface area contributed by atoms with Gasteiger partial charge in [-0.05, 0) is 61.2 Å². The summed E-state index contributed by atoms with van der Waals surface area (Å²) in [6.45, 7) is 10.9. The van der Waals surface area contributed by atoms with Gasteiger partial charge in [-0.1, -0.05) is 39.0 Å². The van der Waals surface area contributed by atoms with Gasteiger partial charge in [0.2, 0.25) is 5.91 Å². The molecule has 2 amide bonds.